The van der Waals surface area contributed by atoms with E-state index in [9.17, 15) is 0 Å². The highest BCUT2D eigenvalue weighted by atomic mass is 15.3. The first kappa shape index (κ1) is 13.3. The Balaban J connectivity index is 1.86. The van der Waals surface area contributed by atoms with Crippen LogP contribution in [0.15, 0.2) is 18.2 Å². The molecule has 112 valence electrons. The highest BCUT2D eigenvalue weighted by molar-refractivity contribution is 5.82. The van der Waals surface area contributed by atoms with Crippen LogP contribution in [0.2, 0.25) is 0 Å². The molecule has 2 unspecified atom stereocenters. The third-order valence-corrected chi connectivity index (χ3v) is 6.04. The van der Waals surface area contributed by atoms with Gasteiger partial charge in [0.2, 0.25) is 0 Å². The number of aromatic nitrogens is 2. The van der Waals surface area contributed by atoms with Gasteiger partial charge in [0, 0.05) is 23.9 Å². The van der Waals surface area contributed by atoms with Gasteiger partial charge >= 0.3 is 0 Å². The number of hydrogen-bond acceptors (Lipinski definition) is 2. The van der Waals surface area contributed by atoms with Crippen LogP contribution in [0.3, 0.4) is 0 Å². The predicted octanol–water partition coefficient (Wildman–Crippen LogP) is 3.40. The molecule has 4 rings (SSSR count). The van der Waals surface area contributed by atoms with Crippen LogP contribution in [-0.2, 0) is 12.5 Å². The summed E-state index contributed by atoms with van der Waals surface area (Å²) in [6.45, 7) is 3.35. The normalized spacial score (nSPS) is 30.0. The quantitative estimate of drug-likeness (QED) is 0.800. The van der Waals surface area contributed by atoms with Gasteiger partial charge in [-0.15, -0.1) is 0 Å². The Morgan fingerprint density at radius 1 is 1.19 bits per heavy atom. The first-order valence-electron chi connectivity index (χ1n) is 8.26. The van der Waals surface area contributed by atoms with Crippen molar-refractivity contribution in [2.75, 3.05) is 13.6 Å². The number of aryl methyl sites for hydroxylation is 2. The summed E-state index contributed by atoms with van der Waals surface area (Å²) in [5.74, 6) is 0. The molecule has 0 amide bonds. The summed E-state index contributed by atoms with van der Waals surface area (Å²) >= 11 is 0. The van der Waals surface area contributed by atoms with Crippen molar-refractivity contribution in [2.45, 2.75) is 50.5 Å². The Hall–Kier alpha value is -1.35. The Morgan fingerprint density at radius 3 is 2.90 bits per heavy atom. The summed E-state index contributed by atoms with van der Waals surface area (Å²) in [5, 5.41) is 5.88. The minimum atomic E-state index is 0.388. The molecule has 2 aliphatic rings. The molecule has 0 spiro atoms. The van der Waals surface area contributed by atoms with Gasteiger partial charge in [-0.05, 0) is 51.4 Å². The highest BCUT2D eigenvalue weighted by Crippen LogP contribution is 2.48. The number of likely N-dealkylation sites (tertiary alicyclic amines) is 1. The van der Waals surface area contributed by atoms with Crippen LogP contribution < -0.4 is 0 Å². The average molecular weight is 283 g/mol. The number of fused-ring (bicyclic) bond motifs is 2. The van der Waals surface area contributed by atoms with E-state index in [1.807, 2.05) is 4.68 Å². The van der Waals surface area contributed by atoms with Gasteiger partial charge in [-0.2, -0.15) is 5.10 Å². The van der Waals surface area contributed by atoms with E-state index in [0.717, 1.165) is 11.7 Å². The molecule has 2 fully saturated rings. The van der Waals surface area contributed by atoms with Gasteiger partial charge in [-0.25, -0.2) is 0 Å². The molecule has 3 heteroatoms. The fourth-order valence-corrected chi connectivity index (χ4v) is 4.92. The smallest absolute Gasteiger partial charge is 0.0684 e. The average Bonchev–Trinajstić information content (AvgIpc) is 2.99. The van der Waals surface area contributed by atoms with Crippen LogP contribution in [0, 0.1) is 6.92 Å². The van der Waals surface area contributed by atoms with Crippen LogP contribution in [0.5, 0.6) is 0 Å². The summed E-state index contributed by atoms with van der Waals surface area (Å²) in [4.78, 5) is 2.60. The molecule has 1 aliphatic heterocycles. The number of rotatable bonds is 1. The molecule has 1 saturated heterocycles. The van der Waals surface area contributed by atoms with Gasteiger partial charge in [0.05, 0.1) is 11.2 Å². The second-order valence-electron chi connectivity index (χ2n) is 7.09. The summed E-state index contributed by atoms with van der Waals surface area (Å²) in [7, 11) is 4.38. The van der Waals surface area contributed by atoms with Gasteiger partial charge < -0.3 is 4.90 Å². The molecule has 2 atom stereocenters. The van der Waals surface area contributed by atoms with E-state index in [-0.39, 0.29) is 0 Å². The molecule has 0 N–H and O–H groups in total. The summed E-state index contributed by atoms with van der Waals surface area (Å²) in [6, 6.07) is 7.84. The van der Waals surface area contributed by atoms with Crippen molar-refractivity contribution in [1.29, 1.82) is 0 Å². The molecule has 1 aliphatic carbocycles. The summed E-state index contributed by atoms with van der Waals surface area (Å²) in [6.07, 6.45) is 6.80. The highest BCUT2D eigenvalue weighted by Gasteiger charge is 2.48. The predicted molar refractivity (Wildman–Crippen MR) is 86.6 cm³/mol. The molecular weight excluding hydrogens is 258 g/mol. The third-order valence-electron chi connectivity index (χ3n) is 6.04. The molecule has 0 bridgehead atoms. The standard InChI is InChI=1S/C18H25N3/c1-13-15-8-7-14(12-16(15)21(3)19-13)18-9-5-4-6-17(18)20(2)11-10-18/h7-8,12,17H,4-6,9-11H2,1-3H3. The maximum atomic E-state index is 4.58. The zero-order valence-electron chi connectivity index (χ0n) is 13.4. The Morgan fingerprint density at radius 2 is 2.05 bits per heavy atom. The van der Waals surface area contributed by atoms with Crippen molar-refractivity contribution < 1.29 is 0 Å². The number of benzene rings is 1. The van der Waals surface area contributed by atoms with Gasteiger partial charge in [0.1, 0.15) is 0 Å². The molecule has 1 aromatic heterocycles. The lowest BCUT2D eigenvalue weighted by atomic mass is 9.66. The van der Waals surface area contributed by atoms with Crippen LogP contribution in [0.1, 0.15) is 43.4 Å². The Kier molecular flexibility index (Phi) is 2.90. The van der Waals surface area contributed by atoms with Crippen molar-refractivity contribution in [3.63, 3.8) is 0 Å². The van der Waals surface area contributed by atoms with Crippen LogP contribution in [0.25, 0.3) is 10.9 Å². The van der Waals surface area contributed by atoms with Crippen molar-refractivity contribution in [1.82, 2.24) is 14.7 Å². The topological polar surface area (TPSA) is 21.1 Å². The van der Waals surface area contributed by atoms with Gasteiger partial charge in [0.15, 0.2) is 0 Å². The van der Waals surface area contributed by atoms with E-state index < -0.39 is 0 Å². The maximum Gasteiger partial charge on any atom is 0.0684 e. The molecule has 1 saturated carbocycles. The molecule has 21 heavy (non-hydrogen) atoms. The van der Waals surface area contributed by atoms with E-state index in [1.165, 1.54) is 49.6 Å². The third kappa shape index (κ3) is 1.80. The van der Waals surface area contributed by atoms with E-state index in [1.54, 1.807) is 5.56 Å². The first-order chi connectivity index (χ1) is 10.1. The molecule has 1 aromatic carbocycles. The summed E-state index contributed by atoms with van der Waals surface area (Å²) in [5.41, 5.74) is 4.37. The van der Waals surface area contributed by atoms with Crippen LogP contribution >= 0.6 is 0 Å². The monoisotopic (exact) mass is 283 g/mol. The largest absolute Gasteiger partial charge is 0.302 e. The second kappa shape index (κ2) is 4.57. The molecule has 0 radical (unpaired) electrons. The van der Waals surface area contributed by atoms with Crippen LogP contribution in [0.4, 0.5) is 0 Å². The lowest BCUT2D eigenvalue weighted by molar-refractivity contribution is 0.182. The zero-order valence-corrected chi connectivity index (χ0v) is 13.4. The van der Waals surface area contributed by atoms with Crippen molar-refractivity contribution >= 4 is 10.9 Å². The second-order valence-corrected chi connectivity index (χ2v) is 7.09. The minimum Gasteiger partial charge on any atom is -0.302 e. The lowest BCUT2D eigenvalue weighted by Gasteiger charge is -2.41. The lowest BCUT2D eigenvalue weighted by Crippen LogP contribution is -2.43. The maximum absolute atomic E-state index is 4.58. The number of hydrogen-bond donors (Lipinski definition) is 0. The zero-order chi connectivity index (χ0) is 14.6. The van der Waals surface area contributed by atoms with Crippen molar-refractivity contribution in [2.24, 2.45) is 7.05 Å². The van der Waals surface area contributed by atoms with Crippen LogP contribution in [-0.4, -0.2) is 34.3 Å². The summed E-state index contributed by atoms with van der Waals surface area (Å²) < 4.78 is 2.04. The van der Waals surface area contributed by atoms with E-state index in [2.05, 4.69) is 49.2 Å². The van der Waals surface area contributed by atoms with Crippen molar-refractivity contribution in [3.8, 4) is 0 Å². The Bertz CT molecular complexity index is 683. The molecular formula is C18H25N3. The fraction of sp³-hybridized carbons (Fsp3) is 0.611. The molecule has 3 nitrogen and oxygen atoms in total. The number of likely N-dealkylation sites (N-methyl/N-ethyl adjacent to an activating group) is 1. The van der Waals surface area contributed by atoms with Gasteiger partial charge in [0.25, 0.3) is 0 Å². The minimum absolute atomic E-state index is 0.388. The SMILES string of the molecule is Cc1nn(C)c2cc(C34CCCCC3N(C)CC4)ccc12. The number of nitrogens with zero attached hydrogens (tertiary/aromatic N) is 3. The van der Waals surface area contributed by atoms with Gasteiger partial charge in [-0.3, -0.25) is 4.68 Å². The molecule has 2 heterocycles. The fourth-order valence-electron chi connectivity index (χ4n) is 4.92. The first-order valence-corrected chi connectivity index (χ1v) is 8.26. The van der Waals surface area contributed by atoms with E-state index >= 15 is 0 Å². The van der Waals surface area contributed by atoms with Gasteiger partial charge in [-0.1, -0.05) is 25.0 Å². The van der Waals surface area contributed by atoms with E-state index in [4.69, 9.17) is 0 Å². The van der Waals surface area contributed by atoms with E-state index in [0.29, 0.717) is 5.41 Å². The molecule has 2 aromatic rings. The Labute approximate surface area is 126 Å². The van der Waals surface area contributed by atoms with Crippen molar-refractivity contribution in [3.05, 3.63) is 29.5 Å².